The zero-order valence-electron chi connectivity index (χ0n) is 39.9. The van der Waals surface area contributed by atoms with Gasteiger partial charge in [-0.15, -0.1) is 0 Å². The van der Waals surface area contributed by atoms with E-state index in [2.05, 4.69) is 180 Å². The molecule has 0 N–H and O–H groups in total. The quantitative estimate of drug-likeness (QED) is 0.116. The molecule has 13 rings (SSSR count). The fourth-order valence-corrected chi connectivity index (χ4v) is 13.6. The fraction of sp³-hybridized carbons (Fsp3) is 0.312. The van der Waals surface area contributed by atoms with Crippen LogP contribution in [0.2, 0.25) is 0 Å². The summed E-state index contributed by atoms with van der Waals surface area (Å²) in [6.45, 7) is 28.7. The second-order valence-electron chi connectivity index (χ2n) is 22.2. The second kappa shape index (κ2) is 13.0. The third kappa shape index (κ3) is 4.75. The Balaban J connectivity index is 1.14. The Morgan fingerprint density at radius 2 is 0.875 bits per heavy atom. The summed E-state index contributed by atoms with van der Waals surface area (Å²) in [5, 5.41) is 18.5. The van der Waals surface area contributed by atoms with Gasteiger partial charge in [0.05, 0.1) is 0 Å². The van der Waals surface area contributed by atoms with Gasteiger partial charge in [-0.05, 0) is 189 Å². The first-order valence-corrected chi connectivity index (χ1v) is 24.7. The van der Waals surface area contributed by atoms with Crippen LogP contribution in [0.1, 0.15) is 186 Å². The van der Waals surface area contributed by atoms with E-state index < -0.39 is 0 Å². The molecule has 64 heavy (non-hydrogen) atoms. The van der Waals surface area contributed by atoms with Crippen molar-refractivity contribution in [1.29, 1.82) is 0 Å². The Morgan fingerprint density at radius 3 is 1.39 bits per heavy atom. The average molecular weight is 829 g/mol. The number of hydrogen-bond acceptors (Lipinski definition) is 0. The predicted octanol–water partition coefficient (Wildman–Crippen LogP) is 18.2. The molecular weight excluding hydrogens is 769 g/mol. The first kappa shape index (κ1) is 38.7. The standard InChI is InChI=1S/C64H60/c1-29(2)35-21-39-22-36(30(3)4)26-50-42-14-18-46-59-45(17-13-41(57(42)59)49(25-35)55(39)50)61-53(33(9)10)63-47-19-15-43-51-27-37(31(5)6)23-40-24-38(32(7)8)28-52(56(40)51)44-16-20-48(60(47)58(43)44)64(63)54(34(11)12)62(46)61/h13-34,45,59H,1-12H3. The van der Waals surface area contributed by atoms with E-state index in [1.807, 2.05) is 0 Å². The van der Waals surface area contributed by atoms with Crippen LogP contribution >= 0.6 is 0 Å². The summed E-state index contributed by atoms with van der Waals surface area (Å²) in [7, 11) is 0. The van der Waals surface area contributed by atoms with Crippen LogP contribution in [0, 0.1) is 0 Å². The molecule has 4 aliphatic rings. The van der Waals surface area contributed by atoms with E-state index in [0.29, 0.717) is 47.3 Å². The van der Waals surface area contributed by atoms with E-state index in [1.54, 1.807) is 33.4 Å². The Morgan fingerprint density at radius 1 is 0.391 bits per heavy atom. The van der Waals surface area contributed by atoms with Gasteiger partial charge in [-0.3, -0.25) is 0 Å². The van der Waals surface area contributed by atoms with E-state index in [4.69, 9.17) is 0 Å². The minimum atomic E-state index is 0.295. The van der Waals surface area contributed by atoms with Crippen molar-refractivity contribution < 1.29 is 0 Å². The molecule has 0 saturated carbocycles. The van der Waals surface area contributed by atoms with Crippen LogP contribution in [-0.2, 0) is 0 Å². The molecule has 0 amide bonds. The molecule has 0 nitrogen and oxygen atoms in total. The van der Waals surface area contributed by atoms with Crippen molar-refractivity contribution in [3.05, 3.63) is 146 Å². The SMILES string of the molecule is CC(C)c1cc2cc(C(C)C)cc3c4c5c(c(c1)c23)C=CC1c2c(c(C(C)C)c3c(c2C(C)C)-c2ccc6c7cc(C(C)C)cc8cc(C(C)C)cc(c9ccc-3c2c96)c87)C(=CC=4)C51. The van der Waals surface area contributed by atoms with Crippen molar-refractivity contribution in [2.75, 3.05) is 0 Å². The van der Waals surface area contributed by atoms with Gasteiger partial charge in [0, 0.05) is 11.8 Å². The maximum absolute atomic E-state index is 2.64. The lowest BCUT2D eigenvalue weighted by molar-refractivity contribution is 0.750. The molecule has 0 heteroatoms. The minimum Gasteiger partial charge on any atom is -0.0754 e. The molecule has 316 valence electrons. The van der Waals surface area contributed by atoms with Gasteiger partial charge < -0.3 is 0 Å². The van der Waals surface area contributed by atoms with Crippen LogP contribution < -0.4 is 5.22 Å². The summed E-state index contributed by atoms with van der Waals surface area (Å²) in [4.78, 5) is 0. The third-order valence-corrected chi connectivity index (χ3v) is 16.6. The molecule has 0 heterocycles. The first-order valence-electron chi connectivity index (χ1n) is 24.7. The van der Waals surface area contributed by atoms with E-state index in [1.165, 1.54) is 120 Å². The molecular formula is C64H60. The lowest BCUT2D eigenvalue weighted by Gasteiger charge is -2.31. The molecule has 0 aliphatic heterocycles. The highest BCUT2D eigenvalue weighted by molar-refractivity contribution is 6.37. The average Bonchev–Trinajstić information content (AvgIpc) is 3.78. The minimum absolute atomic E-state index is 0.295. The second-order valence-corrected chi connectivity index (χ2v) is 22.2. The summed E-state index contributed by atoms with van der Waals surface area (Å²) >= 11 is 0. The van der Waals surface area contributed by atoms with Crippen LogP contribution in [0.25, 0.3) is 105 Å². The van der Waals surface area contributed by atoms with E-state index in [-0.39, 0.29) is 0 Å². The highest BCUT2D eigenvalue weighted by Gasteiger charge is 2.47. The Labute approximate surface area is 379 Å². The molecule has 2 atom stereocenters. The predicted molar refractivity (Wildman–Crippen MR) is 280 cm³/mol. The monoisotopic (exact) mass is 828 g/mol. The largest absolute Gasteiger partial charge is 0.0754 e. The molecule has 0 aromatic heterocycles. The molecule has 9 aromatic carbocycles. The topological polar surface area (TPSA) is 0 Å². The van der Waals surface area contributed by atoms with Gasteiger partial charge in [-0.25, -0.2) is 0 Å². The first-order chi connectivity index (χ1) is 30.7. The molecule has 2 unspecified atom stereocenters. The van der Waals surface area contributed by atoms with Gasteiger partial charge in [0.25, 0.3) is 0 Å². The number of rotatable bonds is 6. The van der Waals surface area contributed by atoms with Crippen LogP contribution in [0.15, 0.2) is 84.9 Å². The van der Waals surface area contributed by atoms with Crippen LogP contribution in [0.5, 0.6) is 0 Å². The van der Waals surface area contributed by atoms with Crippen LogP contribution in [0.3, 0.4) is 0 Å². The Bertz CT molecular complexity index is 3650. The van der Waals surface area contributed by atoms with Gasteiger partial charge in [0.2, 0.25) is 0 Å². The maximum Gasteiger partial charge on any atom is 0.0212 e. The molecule has 0 fully saturated rings. The van der Waals surface area contributed by atoms with Gasteiger partial charge in [-0.2, -0.15) is 0 Å². The molecule has 0 saturated heterocycles. The van der Waals surface area contributed by atoms with Crippen molar-refractivity contribution >= 4 is 82.4 Å². The zero-order valence-corrected chi connectivity index (χ0v) is 39.9. The highest BCUT2D eigenvalue weighted by atomic mass is 14.5. The number of hydrogen-bond donors (Lipinski definition) is 0. The molecule has 9 aromatic rings. The summed E-state index contributed by atoms with van der Waals surface area (Å²) in [5.74, 6) is 3.14. The maximum atomic E-state index is 2.64. The van der Waals surface area contributed by atoms with Gasteiger partial charge in [-0.1, -0.05) is 180 Å². The fourth-order valence-electron chi connectivity index (χ4n) is 13.6. The van der Waals surface area contributed by atoms with Gasteiger partial charge in [0.15, 0.2) is 0 Å². The summed E-state index contributed by atoms with van der Waals surface area (Å²) in [6.07, 6.45) is 10.3. The van der Waals surface area contributed by atoms with E-state index in [0.717, 1.165) is 0 Å². The highest BCUT2D eigenvalue weighted by Crippen LogP contribution is 2.65. The van der Waals surface area contributed by atoms with Crippen molar-refractivity contribution in [3.8, 4) is 22.3 Å². The van der Waals surface area contributed by atoms with E-state index in [9.17, 15) is 0 Å². The summed E-state index contributed by atoms with van der Waals surface area (Å²) < 4.78 is 0. The van der Waals surface area contributed by atoms with Crippen molar-refractivity contribution in [3.63, 3.8) is 0 Å². The normalized spacial score (nSPS) is 17.1. The van der Waals surface area contributed by atoms with Gasteiger partial charge >= 0.3 is 0 Å². The lowest BCUT2D eigenvalue weighted by atomic mass is 9.71. The van der Waals surface area contributed by atoms with Crippen molar-refractivity contribution in [2.45, 2.75) is 130 Å². The zero-order chi connectivity index (χ0) is 44.1. The van der Waals surface area contributed by atoms with Crippen molar-refractivity contribution in [2.24, 2.45) is 0 Å². The third-order valence-electron chi connectivity index (χ3n) is 16.6. The van der Waals surface area contributed by atoms with Crippen LogP contribution in [-0.4, -0.2) is 0 Å². The van der Waals surface area contributed by atoms with Crippen molar-refractivity contribution in [1.82, 2.24) is 0 Å². The molecule has 4 aliphatic carbocycles. The molecule has 0 radical (unpaired) electrons. The van der Waals surface area contributed by atoms with Gasteiger partial charge in [0.1, 0.15) is 0 Å². The molecule has 0 bridgehead atoms. The lowest BCUT2D eigenvalue weighted by Crippen LogP contribution is -2.24. The molecule has 0 spiro atoms. The number of benzene rings is 9. The summed E-state index contributed by atoms with van der Waals surface area (Å²) in [5.41, 5.74) is 22.5. The smallest absolute Gasteiger partial charge is 0.0212 e. The number of fused-ring (bicyclic) bond motifs is 10. The number of allylic oxidation sites excluding steroid dienone is 3. The Hall–Kier alpha value is -5.72. The van der Waals surface area contributed by atoms with Crippen LogP contribution in [0.4, 0.5) is 0 Å². The summed E-state index contributed by atoms with van der Waals surface area (Å²) in [6, 6.07) is 30.2. The Kier molecular flexibility index (Phi) is 7.84. The van der Waals surface area contributed by atoms with E-state index >= 15 is 0 Å².